The van der Waals surface area contributed by atoms with E-state index in [4.69, 9.17) is 9.47 Å². The summed E-state index contributed by atoms with van der Waals surface area (Å²) in [7, 11) is 3.00. The van der Waals surface area contributed by atoms with Crippen molar-refractivity contribution in [1.29, 1.82) is 0 Å². The Morgan fingerprint density at radius 1 is 1.03 bits per heavy atom. The Kier molecular flexibility index (Phi) is 7.49. The minimum atomic E-state index is -4.47. The molecule has 0 fully saturated rings. The van der Waals surface area contributed by atoms with Crippen LogP contribution in [0.2, 0.25) is 0 Å². The molecule has 33 heavy (non-hydrogen) atoms. The molecule has 1 aromatic carbocycles. The van der Waals surface area contributed by atoms with Crippen LogP contribution in [-0.2, 0) is 17.5 Å². The van der Waals surface area contributed by atoms with Crippen LogP contribution in [0, 0.1) is 6.92 Å². The van der Waals surface area contributed by atoms with Gasteiger partial charge in [-0.2, -0.15) is 18.2 Å². The monoisotopic (exact) mass is 482 g/mol. The summed E-state index contributed by atoms with van der Waals surface area (Å²) in [4.78, 5) is 34.5. The molecule has 0 radical (unpaired) electrons. The van der Waals surface area contributed by atoms with E-state index in [0.29, 0.717) is 32.4 Å². The van der Waals surface area contributed by atoms with E-state index in [1.54, 1.807) is 6.92 Å². The van der Waals surface area contributed by atoms with Gasteiger partial charge >= 0.3 is 6.18 Å². The molecular formula is C21H21F3N4O4S. The van der Waals surface area contributed by atoms with Crippen LogP contribution in [0.5, 0.6) is 5.88 Å². The number of carbonyl (C=O) groups excluding carboxylic acids is 2. The van der Waals surface area contributed by atoms with Crippen LogP contribution in [-0.4, -0.2) is 49.1 Å². The van der Waals surface area contributed by atoms with Gasteiger partial charge in [-0.3, -0.25) is 9.59 Å². The second kappa shape index (κ2) is 10.1. The lowest BCUT2D eigenvalue weighted by Crippen LogP contribution is -2.34. The third-order valence-corrected chi connectivity index (χ3v) is 5.83. The zero-order valence-corrected chi connectivity index (χ0v) is 18.8. The zero-order chi connectivity index (χ0) is 24.2. The molecule has 2 N–H and O–H groups in total. The van der Waals surface area contributed by atoms with Gasteiger partial charge in [-0.05, 0) is 36.8 Å². The van der Waals surface area contributed by atoms with Crippen molar-refractivity contribution in [1.82, 2.24) is 20.6 Å². The molecule has 0 aliphatic rings. The lowest BCUT2D eigenvalue weighted by atomic mass is 10.1. The third kappa shape index (κ3) is 5.57. The number of fused-ring (bicyclic) bond motifs is 1. The number of nitrogens with one attached hydrogen (secondary N) is 2. The first kappa shape index (κ1) is 24.4. The predicted octanol–water partition coefficient (Wildman–Crippen LogP) is 3.33. The van der Waals surface area contributed by atoms with Crippen LogP contribution in [0.15, 0.2) is 24.3 Å². The van der Waals surface area contributed by atoms with Gasteiger partial charge in [0.25, 0.3) is 11.8 Å². The summed E-state index contributed by atoms with van der Waals surface area (Å²) in [6.07, 6.45) is -4.47. The van der Waals surface area contributed by atoms with E-state index in [2.05, 4.69) is 20.6 Å². The van der Waals surface area contributed by atoms with Gasteiger partial charge < -0.3 is 20.1 Å². The fourth-order valence-corrected chi connectivity index (χ4v) is 4.15. The Morgan fingerprint density at radius 2 is 1.67 bits per heavy atom. The molecule has 176 valence electrons. The van der Waals surface area contributed by atoms with E-state index in [0.717, 1.165) is 24.3 Å². The van der Waals surface area contributed by atoms with Gasteiger partial charge in [0.2, 0.25) is 5.88 Å². The number of benzene rings is 1. The second-order valence-electron chi connectivity index (χ2n) is 6.91. The van der Waals surface area contributed by atoms with Gasteiger partial charge in [-0.25, -0.2) is 4.98 Å². The largest absolute Gasteiger partial charge is 0.480 e. The summed E-state index contributed by atoms with van der Waals surface area (Å²) in [6.45, 7) is 2.18. The van der Waals surface area contributed by atoms with E-state index in [-0.39, 0.29) is 31.2 Å². The topological polar surface area (TPSA) is 102 Å². The number of amides is 2. The molecule has 2 aromatic heterocycles. The molecule has 0 saturated carbocycles. The van der Waals surface area contributed by atoms with E-state index in [1.165, 1.54) is 25.6 Å². The third-order valence-electron chi connectivity index (χ3n) is 4.65. The number of ether oxygens (including phenoxy) is 2. The minimum absolute atomic E-state index is 0.0900. The smallest absolute Gasteiger partial charge is 0.416 e. The maximum Gasteiger partial charge on any atom is 0.416 e. The summed E-state index contributed by atoms with van der Waals surface area (Å²) >= 11 is 1.19. The summed E-state index contributed by atoms with van der Waals surface area (Å²) in [5, 5.41) is 5.91. The van der Waals surface area contributed by atoms with Gasteiger partial charge in [0.05, 0.1) is 22.9 Å². The van der Waals surface area contributed by atoms with Gasteiger partial charge in [0.1, 0.15) is 11.4 Å². The van der Waals surface area contributed by atoms with Crippen molar-refractivity contribution >= 4 is 33.4 Å². The summed E-state index contributed by atoms with van der Waals surface area (Å²) < 4.78 is 48.3. The number of halogens is 3. The number of nitrogens with zero attached hydrogens (tertiary/aromatic N) is 2. The summed E-state index contributed by atoms with van der Waals surface area (Å²) in [5.74, 6) is -0.110. The number of hydrogen-bond donors (Lipinski definition) is 2. The molecule has 12 heteroatoms. The molecule has 2 heterocycles. The van der Waals surface area contributed by atoms with Gasteiger partial charge in [0.15, 0.2) is 5.82 Å². The Hall–Kier alpha value is -3.25. The lowest BCUT2D eigenvalue weighted by molar-refractivity contribution is -0.137. The standard InChI is InChI=1S/C21H21F3N4O4S/c1-11-15-19(32-3)27-14(10-31-2)28-20(15)33-16(11)18(30)26-9-8-25-17(29)12-4-6-13(7-5-12)21(22,23)24/h4-7H,8-10H2,1-3H3,(H,25,29)(H,26,30). The van der Waals surface area contributed by atoms with E-state index in [9.17, 15) is 22.8 Å². The molecule has 3 rings (SSSR count). The molecule has 3 aromatic rings. The average Bonchev–Trinajstić information content (AvgIpc) is 3.12. The van der Waals surface area contributed by atoms with Gasteiger partial charge in [0, 0.05) is 25.8 Å². The van der Waals surface area contributed by atoms with Crippen LogP contribution >= 0.6 is 11.3 Å². The van der Waals surface area contributed by atoms with E-state index < -0.39 is 17.6 Å². The lowest BCUT2D eigenvalue weighted by Gasteiger charge is -2.09. The van der Waals surface area contributed by atoms with Crippen LogP contribution in [0.3, 0.4) is 0 Å². The van der Waals surface area contributed by atoms with Crippen LogP contribution < -0.4 is 15.4 Å². The number of hydrogen-bond acceptors (Lipinski definition) is 7. The van der Waals surface area contributed by atoms with Crippen molar-refractivity contribution in [3.8, 4) is 5.88 Å². The van der Waals surface area contributed by atoms with E-state index >= 15 is 0 Å². The minimum Gasteiger partial charge on any atom is -0.480 e. The highest BCUT2D eigenvalue weighted by atomic mass is 32.1. The fourth-order valence-electron chi connectivity index (χ4n) is 3.05. The first-order valence-electron chi connectivity index (χ1n) is 9.72. The Balaban J connectivity index is 1.60. The summed E-state index contributed by atoms with van der Waals surface area (Å²) in [5.41, 5.74) is -0.0741. The van der Waals surface area contributed by atoms with Crippen molar-refractivity contribution < 1.29 is 32.2 Å². The highest BCUT2D eigenvalue weighted by Gasteiger charge is 2.30. The van der Waals surface area contributed by atoms with Crippen molar-refractivity contribution in [3.05, 3.63) is 51.7 Å². The van der Waals surface area contributed by atoms with Crippen molar-refractivity contribution in [3.63, 3.8) is 0 Å². The number of carbonyl (C=O) groups is 2. The molecule has 0 unspecified atom stereocenters. The Morgan fingerprint density at radius 3 is 2.24 bits per heavy atom. The maximum absolute atomic E-state index is 12.7. The molecule has 0 saturated heterocycles. The summed E-state index contributed by atoms with van der Waals surface area (Å²) in [6, 6.07) is 3.89. The molecule has 0 aliphatic carbocycles. The molecule has 0 atom stereocenters. The molecule has 0 bridgehead atoms. The van der Waals surface area contributed by atoms with Crippen molar-refractivity contribution in [2.24, 2.45) is 0 Å². The first-order valence-corrected chi connectivity index (χ1v) is 10.5. The molecule has 8 nitrogen and oxygen atoms in total. The number of aromatic nitrogens is 2. The number of alkyl halides is 3. The number of methoxy groups -OCH3 is 2. The molecule has 0 spiro atoms. The number of aryl methyl sites for hydroxylation is 1. The molecule has 2 amide bonds. The van der Waals surface area contributed by atoms with Crippen LogP contribution in [0.25, 0.3) is 10.2 Å². The number of rotatable bonds is 8. The maximum atomic E-state index is 12.7. The highest BCUT2D eigenvalue weighted by molar-refractivity contribution is 7.20. The Bertz CT molecular complexity index is 1160. The first-order chi connectivity index (χ1) is 15.7. The van der Waals surface area contributed by atoms with Crippen molar-refractivity contribution in [2.75, 3.05) is 27.3 Å². The van der Waals surface area contributed by atoms with Crippen LogP contribution in [0.1, 0.15) is 37.0 Å². The molecular weight excluding hydrogens is 461 g/mol. The van der Waals surface area contributed by atoms with Crippen LogP contribution in [0.4, 0.5) is 13.2 Å². The predicted molar refractivity (Wildman–Crippen MR) is 116 cm³/mol. The fraction of sp³-hybridized carbons (Fsp3) is 0.333. The molecule has 0 aliphatic heterocycles. The average molecular weight is 482 g/mol. The Labute approximate surface area is 191 Å². The highest BCUT2D eigenvalue weighted by Crippen LogP contribution is 2.35. The second-order valence-corrected chi connectivity index (χ2v) is 7.90. The van der Waals surface area contributed by atoms with Gasteiger partial charge in [-0.1, -0.05) is 0 Å². The van der Waals surface area contributed by atoms with Crippen molar-refractivity contribution in [2.45, 2.75) is 19.7 Å². The van der Waals surface area contributed by atoms with E-state index in [1.807, 2.05) is 0 Å². The zero-order valence-electron chi connectivity index (χ0n) is 18.0. The normalized spacial score (nSPS) is 11.5. The quantitative estimate of drug-likeness (QED) is 0.478. The SMILES string of the molecule is COCc1nc(OC)c2c(C)c(C(=O)NCCNC(=O)c3ccc(C(F)(F)F)cc3)sc2n1. The number of thiophene rings is 1. The van der Waals surface area contributed by atoms with Gasteiger partial charge in [-0.15, -0.1) is 11.3 Å².